The summed E-state index contributed by atoms with van der Waals surface area (Å²) >= 11 is 1.64. The molecule has 0 saturated carbocycles. The Hall–Kier alpha value is 0.310. The van der Waals surface area contributed by atoms with Crippen molar-refractivity contribution in [3.05, 3.63) is 0 Å². The average Bonchev–Trinajstić information content (AvgIpc) is 2.26. The Kier molecular flexibility index (Phi) is 14.6. The summed E-state index contributed by atoms with van der Waals surface area (Å²) in [6.07, 6.45) is 13.9. The predicted molar refractivity (Wildman–Crippen MR) is 71.4 cm³/mol. The number of hydrogen-bond donors (Lipinski definition) is 1. The van der Waals surface area contributed by atoms with Crippen LogP contribution in [0, 0.1) is 0 Å². The number of thioether (sulfide) groups is 1. The number of aliphatic hydroxyl groups is 1. The lowest BCUT2D eigenvalue weighted by molar-refractivity contribution is 0.375. The van der Waals surface area contributed by atoms with Crippen molar-refractivity contribution in [3.63, 3.8) is 0 Å². The molecule has 2 heteroatoms. The Morgan fingerprint density at radius 2 is 1.20 bits per heavy atom. The van der Waals surface area contributed by atoms with Crippen LogP contribution in [0.2, 0.25) is 0 Å². The van der Waals surface area contributed by atoms with Crippen LogP contribution in [0.25, 0.3) is 0 Å². The van der Waals surface area contributed by atoms with E-state index in [4.69, 9.17) is 5.11 Å². The molecule has 0 heterocycles. The van der Waals surface area contributed by atoms with Gasteiger partial charge in [-0.15, -0.1) is 11.8 Å². The fraction of sp³-hybridized carbons (Fsp3) is 1.00. The first-order chi connectivity index (χ1) is 7.41. The monoisotopic (exact) mass is 232 g/mol. The van der Waals surface area contributed by atoms with E-state index in [0.29, 0.717) is 0 Å². The third-order valence-electron chi connectivity index (χ3n) is 2.73. The van der Waals surface area contributed by atoms with Crippen LogP contribution < -0.4 is 0 Å². The van der Waals surface area contributed by atoms with Crippen molar-refractivity contribution in [1.29, 1.82) is 0 Å². The Balaban J connectivity index is 2.81. The van der Waals surface area contributed by atoms with Gasteiger partial charge in [0, 0.05) is 0 Å². The highest BCUT2D eigenvalue weighted by Crippen LogP contribution is 2.11. The minimum absolute atomic E-state index is 0.289. The maximum Gasteiger partial charge on any atom is 0.0885 e. The molecular formula is C13H28OS. The van der Waals surface area contributed by atoms with Gasteiger partial charge in [0.2, 0.25) is 0 Å². The lowest BCUT2D eigenvalue weighted by Gasteiger charge is -2.01. The molecule has 0 radical (unpaired) electrons. The first-order valence-electron chi connectivity index (χ1n) is 6.60. The molecule has 0 fully saturated rings. The molecule has 1 N–H and O–H groups in total. The highest BCUT2D eigenvalue weighted by atomic mass is 32.2. The zero-order valence-corrected chi connectivity index (χ0v) is 11.2. The van der Waals surface area contributed by atoms with Gasteiger partial charge in [0.15, 0.2) is 0 Å². The minimum atomic E-state index is 0.289. The third-order valence-corrected chi connectivity index (χ3v) is 3.49. The lowest BCUT2D eigenvalue weighted by atomic mass is 10.1. The van der Waals surface area contributed by atoms with E-state index in [0.717, 1.165) is 5.75 Å². The van der Waals surface area contributed by atoms with E-state index in [1.807, 2.05) is 0 Å². The molecule has 92 valence electrons. The highest BCUT2D eigenvalue weighted by Gasteiger charge is 1.92. The van der Waals surface area contributed by atoms with Gasteiger partial charge >= 0.3 is 0 Å². The van der Waals surface area contributed by atoms with Gasteiger partial charge < -0.3 is 5.11 Å². The summed E-state index contributed by atoms with van der Waals surface area (Å²) < 4.78 is 0. The van der Waals surface area contributed by atoms with Gasteiger partial charge in [-0.3, -0.25) is 0 Å². The molecule has 0 aliphatic rings. The Morgan fingerprint density at radius 1 is 0.733 bits per heavy atom. The minimum Gasteiger partial charge on any atom is -0.386 e. The number of hydrogen-bond acceptors (Lipinski definition) is 2. The molecule has 0 aliphatic carbocycles. The van der Waals surface area contributed by atoms with Gasteiger partial charge in [-0.1, -0.05) is 64.7 Å². The second kappa shape index (κ2) is 14.3. The van der Waals surface area contributed by atoms with E-state index < -0.39 is 0 Å². The van der Waals surface area contributed by atoms with Crippen molar-refractivity contribution in [2.45, 2.75) is 71.1 Å². The normalized spacial score (nSPS) is 10.8. The summed E-state index contributed by atoms with van der Waals surface area (Å²) in [6, 6.07) is 0. The van der Waals surface area contributed by atoms with Gasteiger partial charge in [-0.2, -0.15) is 0 Å². The van der Waals surface area contributed by atoms with Crippen molar-refractivity contribution in [2.75, 3.05) is 11.7 Å². The summed E-state index contributed by atoms with van der Waals surface area (Å²) in [7, 11) is 0. The van der Waals surface area contributed by atoms with Crippen LogP contribution in [0.4, 0.5) is 0 Å². The molecule has 0 atom stereocenters. The average molecular weight is 232 g/mol. The van der Waals surface area contributed by atoms with Crippen molar-refractivity contribution in [3.8, 4) is 0 Å². The zero-order chi connectivity index (χ0) is 11.2. The van der Waals surface area contributed by atoms with E-state index in [2.05, 4.69) is 6.92 Å². The van der Waals surface area contributed by atoms with Gasteiger partial charge in [0.25, 0.3) is 0 Å². The van der Waals surface area contributed by atoms with E-state index in [9.17, 15) is 0 Å². The fourth-order valence-corrected chi connectivity index (χ4v) is 2.29. The molecule has 0 spiro atoms. The van der Waals surface area contributed by atoms with Crippen LogP contribution in [0.1, 0.15) is 71.1 Å². The van der Waals surface area contributed by atoms with E-state index in [1.165, 1.54) is 64.2 Å². The Labute approximate surface area is 100 Å². The van der Waals surface area contributed by atoms with Crippen LogP contribution in [0.5, 0.6) is 0 Å². The Bertz CT molecular complexity index is 94.7. The Morgan fingerprint density at radius 3 is 1.67 bits per heavy atom. The SMILES string of the molecule is CCCCCCCCCCCCSCO. The van der Waals surface area contributed by atoms with E-state index in [-0.39, 0.29) is 5.94 Å². The lowest BCUT2D eigenvalue weighted by Crippen LogP contribution is -1.84. The van der Waals surface area contributed by atoms with Crippen molar-refractivity contribution in [2.24, 2.45) is 0 Å². The molecule has 0 aromatic heterocycles. The summed E-state index contributed by atoms with van der Waals surface area (Å²) in [5.74, 6) is 1.42. The molecule has 0 amide bonds. The predicted octanol–water partition coefficient (Wildman–Crippen LogP) is 4.59. The van der Waals surface area contributed by atoms with Gasteiger partial charge in [0.1, 0.15) is 0 Å². The molecule has 0 aromatic carbocycles. The van der Waals surface area contributed by atoms with Gasteiger partial charge in [0.05, 0.1) is 5.94 Å². The topological polar surface area (TPSA) is 20.2 Å². The van der Waals surface area contributed by atoms with Crippen molar-refractivity contribution >= 4 is 11.8 Å². The van der Waals surface area contributed by atoms with E-state index >= 15 is 0 Å². The standard InChI is InChI=1S/C13H28OS/c1-2-3-4-5-6-7-8-9-10-11-12-15-13-14/h14H,2-13H2,1H3. The maximum absolute atomic E-state index is 8.57. The molecule has 0 rings (SSSR count). The van der Waals surface area contributed by atoms with Crippen molar-refractivity contribution in [1.82, 2.24) is 0 Å². The van der Waals surface area contributed by atoms with Gasteiger partial charge in [-0.05, 0) is 12.2 Å². The van der Waals surface area contributed by atoms with Crippen molar-refractivity contribution < 1.29 is 5.11 Å². The summed E-state index contributed by atoms with van der Waals surface area (Å²) in [6.45, 7) is 2.27. The number of aliphatic hydroxyl groups excluding tert-OH is 1. The summed E-state index contributed by atoms with van der Waals surface area (Å²) in [5, 5.41) is 8.57. The van der Waals surface area contributed by atoms with Crippen LogP contribution >= 0.6 is 11.8 Å². The zero-order valence-electron chi connectivity index (χ0n) is 10.3. The molecule has 1 nitrogen and oxygen atoms in total. The smallest absolute Gasteiger partial charge is 0.0885 e. The molecule has 0 bridgehead atoms. The van der Waals surface area contributed by atoms with Crippen LogP contribution in [0.3, 0.4) is 0 Å². The first kappa shape index (κ1) is 15.3. The second-order valence-corrected chi connectivity index (χ2v) is 5.29. The third kappa shape index (κ3) is 14.3. The largest absolute Gasteiger partial charge is 0.386 e. The maximum atomic E-state index is 8.57. The van der Waals surface area contributed by atoms with E-state index in [1.54, 1.807) is 11.8 Å². The summed E-state index contributed by atoms with van der Waals surface area (Å²) in [4.78, 5) is 0. The molecular weight excluding hydrogens is 204 g/mol. The molecule has 15 heavy (non-hydrogen) atoms. The first-order valence-corrected chi connectivity index (χ1v) is 7.76. The van der Waals surface area contributed by atoms with Crippen LogP contribution in [0.15, 0.2) is 0 Å². The number of unbranched alkanes of at least 4 members (excludes halogenated alkanes) is 9. The highest BCUT2D eigenvalue weighted by molar-refractivity contribution is 7.99. The quantitative estimate of drug-likeness (QED) is 0.392. The fourth-order valence-electron chi connectivity index (χ4n) is 1.76. The van der Waals surface area contributed by atoms with Crippen LogP contribution in [-0.2, 0) is 0 Å². The second-order valence-electron chi connectivity index (χ2n) is 4.22. The number of rotatable bonds is 12. The van der Waals surface area contributed by atoms with Gasteiger partial charge in [-0.25, -0.2) is 0 Å². The molecule has 0 unspecified atom stereocenters. The summed E-state index contributed by atoms with van der Waals surface area (Å²) in [5.41, 5.74) is 0. The molecule has 0 saturated heterocycles. The molecule has 0 aromatic rings. The molecule has 0 aliphatic heterocycles. The van der Waals surface area contributed by atoms with Crippen LogP contribution in [-0.4, -0.2) is 16.8 Å².